The fraction of sp³-hybridized carbons (Fsp3) is 0.167. The minimum absolute atomic E-state index is 0.0549. The molecule has 0 bridgehead atoms. The molecule has 0 aliphatic carbocycles. The molecule has 0 fully saturated rings. The second-order valence-electron chi connectivity index (χ2n) is 5.31. The maximum absolute atomic E-state index is 6.08. The second-order valence-corrected chi connectivity index (χ2v) is 5.31. The Balaban J connectivity index is 1.66. The number of hydrogen-bond acceptors (Lipinski definition) is 3. The SMILES string of the molecule is C=CC(c1nc2ccccc2[nH]1)C1COc2ccccc2O1. The first kappa shape index (κ1) is 13.0. The number of aromatic amines is 1. The number of hydrogen-bond donors (Lipinski definition) is 1. The number of benzene rings is 2. The Morgan fingerprint density at radius 2 is 1.91 bits per heavy atom. The first-order valence-corrected chi connectivity index (χ1v) is 7.31. The van der Waals surface area contributed by atoms with Crippen LogP contribution in [-0.4, -0.2) is 22.7 Å². The summed E-state index contributed by atoms with van der Waals surface area (Å²) in [6, 6.07) is 15.7. The third-order valence-electron chi connectivity index (χ3n) is 3.91. The van der Waals surface area contributed by atoms with Gasteiger partial charge in [-0.1, -0.05) is 30.3 Å². The summed E-state index contributed by atoms with van der Waals surface area (Å²) in [7, 11) is 0. The quantitative estimate of drug-likeness (QED) is 0.749. The zero-order valence-electron chi connectivity index (χ0n) is 12.0. The third-order valence-corrected chi connectivity index (χ3v) is 3.91. The summed E-state index contributed by atoms with van der Waals surface area (Å²) in [6.45, 7) is 4.42. The van der Waals surface area contributed by atoms with Crippen molar-refractivity contribution >= 4 is 11.0 Å². The Morgan fingerprint density at radius 3 is 2.73 bits per heavy atom. The molecule has 4 heteroatoms. The lowest BCUT2D eigenvalue weighted by Crippen LogP contribution is -2.34. The number of rotatable bonds is 3. The van der Waals surface area contributed by atoms with Crippen molar-refractivity contribution in [3.63, 3.8) is 0 Å². The molecule has 0 saturated heterocycles. The Labute approximate surface area is 128 Å². The lowest BCUT2D eigenvalue weighted by atomic mass is 10.0. The van der Waals surface area contributed by atoms with Gasteiger partial charge >= 0.3 is 0 Å². The molecule has 2 heterocycles. The molecule has 0 radical (unpaired) electrons. The topological polar surface area (TPSA) is 47.1 Å². The average Bonchev–Trinajstić information content (AvgIpc) is 2.99. The fourth-order valence-corrected chi connectivity index (χ4v) is 2.78. The summed E-state index contributed by atoms with van der Waals surface area (Å²) in [5.74, 6) is 2.35. The highest BCUT2D eigenvalue weighted by atomic mass is 16.6. The van der Waals surface area contributed by atoms with Gasteiger partial charge in [0.2, 0.25) is 0 Å². The standard InChI is InChI=1S/C18H16N2O2/c1-2-12(18-19-13-7-3-4-8-14(13)20-18)17-11-21-15-9-5-6-10-16(15)22-17/h2-10,12,17H,1,11H2,(H,19,20). The highest BCUT2D eigenvalue weighted by Crippen LogP contribution is 2.35. The Bertz CT molecular complexity index is 792. The van der Waals surface area contributed by atoms with Gasteiger partial charge in [0.1, 0.15) is 18.5 Å². The third kappa shape index (κ3) is 2.13. The van der Waals surface area contributed by atoms with Crippen molar-refractivity contribution in [2.24, 2.45) is 0 Å². The molecule has 0 amide bonds. The predicted octanol–water partition coefficient (Wildman–Crippen LogP) is 3.67. The van der Waals surface area contributed by atoms with E-state index in [2.05, 4.69) is 16.5 Å². The number of nitrogens with zero attached hydrogens (tertiary/aromatic N) is 1. The van der Waals surface area contributed by atoms with Crippen LogP contribution in [0.2, 0.25) is 0 Å². The lowest BCUT2D eigenvalue weighted by Gasteiger charge is -2.29. The first-order valence-electron chi connectivity index (χ1n) is 7.31. The van der Waals surface area contributed by atoms with Crippen molar-refractivity contribution in [3.8, 4) is 11.5 Å². The Hall–Kier alpha value is -2.75. The van der Waals surface area contributed by atoms with Crippen LogP contribution in [0.25, 0.3) is 11.0 Å². The molecule has 0 saturated carbocycles. The molecule has 22 heavy (non-hydrogen) atoms. The van der Waals surface area contributed by atoms with E-state index in [1.807, 2.05) is 54.6 Å². The molecule has 1 aromatic heterocycles. The molecule has 4 nitrogen and oxygen atoms in total. The Kier molecular flexibility index (Phi) is 3.07. The van der Waals surface area contributed by atoms with E-state index in [9.17, 15) is 0 Å². The van der Waals surface area contributed by atoms with Gasteiger partial charge in [0, 0.05) is 0 Å². The summed E-state index contributed by atoms with van der Waals surface area (Å²) in [4.78, 5) is 8.00. The van der Waals surface area contributed by atoms with Crippen molar-refractivity contribution in [2.45, 2.75) is 12.0 Å². The average molecular weight is 292 g/mol. The maximum atomic E-state index is 6.08. The van der Waals surface area contributed by atoms with E-state index in [0.717, 1.165) is 28.4 Å². The van der Waals surface area contributed by atoms with Gasteiger partial charge < -0.3 is 14.5 Å². The lowest BCUT2D eigenvalue weighted by molar-refractivity contribution is 0.0796. The van der Waals surface area contributed by atoms with E-state index in [1.165, 1.54) is 0 Å². The molecule has 4 rings (SSSR count). The molecule has 2 atom stereocenters. The predicted molar refractivity (Wildman–Crippen MR) is 85.4 cm³/mol. The van der Waals surface area contributed by atoms with Crippen LogP contribution in [0.4, 0.5) is 0 Å². The van der Waals surface area contributed by atoms with E-state index in [1.54, 1.807) is 0 Å². The van der Waals surface area contributed by atoms with E-state index < -0.39 is 0 Å². The number of para-hydroxylation sites is 4. The van der Waals surface area contributed by atoms with Gasteiger partial charge in [0.15, 0.2) is 11.5 Å². The van der Waals surface area contributed by atoms with Crippen LogP contribution in [0.1, 0.15) is 11.7 Å². The molecule has 3 aromatic rings. The molecule has 2 unspecified atom stereocenters. The monoisotopic (exact) mass is 292 g/mol. The number of imidazole rings is 1. The van der Waals surface area contributed by atoms with Gasteiger partial charge in [-0.15, -0.1) is 6.58 Å². The van der Waals surface area contributed by atoms with Gasteiger partial charge in [-0.25, -0.2) is 4.98 Å². The molecule has 1 aliphatic rings. The van der Waals surface area contributed by atoms with Crippen LogP contribution < -0.4 is 9.47 Å². The van der Waals surface area contributed by atoms with Gasteiger partial charge in [-0.3, -0.25) is 0 Å². The van der Waals surface area contributed by atoms with Crippen LogP contribution >= 0.6 is 0 Å². The molecule has 110 valence electrons. The largest absolute Gasteiger partial charge is 0.486 e. The fourth-order valence-electron chi connectivity index (χ4n) is 2.78. The van der Waals surface area contributed by atoms with Gasteiger partial charge in [-0.05, 0) is 24.3 Å². The molecular formula is C18H16N2O2. The number of H-pyrrole nitrogens is 1. The molecule has 0 spiro atoms. The minimum atomic E-state index is -0.145. The van der Waals surface area contributed by atoms with E-state index >= 15 is 0 Å². The van der Waals surface area contributed by atoms with Crippen molar-refractivity contribution < 1.29 is 9.47 Å². The summed E-state index contributed by atoms with van der Waals surface area (Å²) < 4.78 is 11.9. The van der Waals surface area contributed by atoms with Crippen LogP contribution in [0.15, 0.2) is 61.2 Å². The maximum Gasteiger partial charge on any atom is 0.161 e. The zero-order chi connectivity index (χ0) is 14.9. The van der Waals surface area contributed by atoms with Crippen molar-refractivity contribution in [1.82, 2.24) is 9.97 Å². The van der Waals surface area contributed by atoms with Gasteiger partial charge in [0.25, 0.3) is 0 Å². The number of nitrogens with one attached hydrogen (secondary N) is 1. The minimum Gasteiger partial charge on any atom is -0.486 e. The van der Waals surface area contributed by atoms with Crippen LogP contribution in [0, 0.1) is 0 Å². The molecule has 1 aliphatic heterocycles. The number of ether oxygens (including phenoxy) is 2. The van der Waals surface area contributed by atoms with Crippen LogP contribution in [0.5, 0.6) is 11.5 Å². The van der Waals surface area contributed by atoms with E-state index in [4.69, 9.17) is 9.47 Å². The highest BCUT2D eigenvalue weighted by Gasteiger charge is 2.30. The summed E-state index contributed by atoms with van der Waals surface area (Å²) >= 11 is 0. The normalized spacial score (nSPS) is 18.1. The van der Waals surface area contributed by atoms with Gasteiger partial charge in [0.05, 0.1) is 17.0 Å². The number of aromatic nitrogens is 2. The van der Waals surface area contributed by atoms with Crippen molar-refractivity contribution in [1.29, 1.82) is 0 Å². The van der Waals surface area contributed by atoms with Crippen LogP contribution in [0.3, 0.4) is 0 Å². The van der Waals surface area contributed by atoms with E-state index in [0.29, 0.717) is 6.61 Å². The molecular weight excluding hydrogens is 276 g/mol. The summed E-state index contributed by atoms with van der Waals surface area (Å²) in [5.41, 5.74) is 1.96. The highest BCUT2D eigenvalue weighted by molar-refractivity contribution is 5.74. The van der Waals surface area contributed by atoms with Crippen molar-refractivity contribution in [2.75, 3.05) is 6.61 Å². The molecule has 2 aromatic carbocycles. The smallest absolute Gasteiger partial charge is 0.161 e. The first-order chi connectivity index (χ1) is 10.8. The van der Waals surface area contributed by atoms with Crippen molar-refractivity contribution in [3.05, 3.63) is 67.0 Å². The Morgan fingerprint density at radius 1 is 1.14 bits per heavy atom. The van der Waals surface area contributed by atoms with E-state index in [-0.39, 0.29) is 12.0 Å². The summed E-state index contributed by atoms with van der Waals surface area (Å²) in [5, 5.41) is 0. The van der Waals surface area contributed by atoms with Crippen LogP contribution in [-0.2, 0) is 0 Å². The molecule has 1 N–H and O–H groups in total. The van der Waals surface area contributed by atoms with Gasteiger partial charge in [-0.2, -0.15) is 0 Å². The summed E-state index contributed by atoms with van der Waals surface area (Å²) in [6.07, 6.45) is 1.72. The second kappa shape index (κ2) is 5.22. The zero-order valence-corrected chi connectivity index (χ0v) is 12.0. The number of fused-ring (bicyclic) bond motifs is 2.